The minimum absolute atomic E-state index is 0.246. The maximum Gasteiger partial charge on any atom is 0.140 e. The van der Waals surface area contributed by atoms with E-state index in [9.17, 15) is 0 Å². The molecular weight excluding hydrogens is 242 g/mol. The summed E-state index contributed by atoms with van der Waals surface area (Å²) >= 11 is 0. The van der Waals surface area contributed by atoms with Crippen LogP contribution in [0.1, 0.15) is 12.0 Å². The van der Waals surface area contributed by atoms with Gasteiger partial charge in [-0.15, -0.1) is 0 Å². The Kier molecular flexibility index (Phi) is 5.53. The SMILES string of the molecule is NNc1cc(CN2CCCN(CCO)CC2)ccn1. The Morgan fingerprint density at radius 2 is 2.05 bits per heavy atom. The zero-order chi connectivity index (χ0) is 13.5. The number of hydrazine groups is 1. The predicted octanol–water partition coefficient (Wildman–Crippen LogP) is -0.133. The van der Waals surface area contributed by atoms with Crippen LogP contribution in [0.4, 0.5) is 5.82 Å². The highest BCUT2D eigenvalue weighted by Gasteiger charge is 2.14. The third-order valence-corrected chi connectivity index (χ3v) is 3.48. The van der Waals surface area contributed by atoms with Crippen molar-refractivity contribution >= 4 is 5.82 Å². The minimum Gasteiger partial charge on any atom is -0.395 e. The average molecular weight is 265 g/mol. The molecule has 106 valence electrons. The van der Waals surface area contributed by atoms with Crippen LogP contribution in [-0.2, 0) is 6.54 Å². The van der Waals surface area contributed by atoms with Gasteiger partial charge < -0.3 is 10.5 Å². The lowest BCUT2D eigenvalue weighted by atomic mass is 10.2. The number of rotatable bonds is 5. The molecule has 1 aliphatic heterocycles. The summed E-state index contributed by atoms with van der Waals surface area (Å²) in [5, 5.41) is 8.99. The highest BCUT2D eigenvalue weighted by atomic mass is 16.3. The third kappa shape index (κ3) is 4.43. The van der Waals surface area contributed by atoms with Crippen LogP contribution in [0.3, 0.4) is 0 Å². The molecule has 0 aromatic carbocycles. The Bertz CT molecular complexity index is 387. The Balaban J connectivity index is 1.88. The fraction of sp³-hybridized carbons (Fsp3) is 0.615. The summed E-state index contributed by atoms with van der Waals surface area (Å²) in [6.45, 7) is 6.17. The summed E-state index contributed by atoms with van der Waals surface area (Å²) < 4.78 is 0. The molecule has 1 saturated heterocycles. The van der Waals surface area contributed by atoms with E-state index in [0.717, 1.165) is 45.7 Å². The van der Waals surface area contributed by atoms with Crippen molar-refractivity contribution in [3.63, 3.8) is 0 Å². The number of nitrogen functional groups attached to an aromatic ring is 1. The molecule has 1 aromatic heterocycles. The van der Waals surface area contributed by atoms with E-state index in [2.05, 4.69) is 20.2 Å². The van der Waals surface area contributed by atoms with Crippen molar-refractivity contribution in [2.24, 2.45) is 5.84 Å². The van der Waals surface area contributed by atoms with Crippen LogP contribution in [0.25, 0.3) is 0 Å². The summed E-state index contributed by atoms with van der Waals surface area (Å²) in [5.41, 5.74) is 3.80. The van der Waals surface area contributed by atoms with E-state index in [0.29, 0.717) is 5.82 Å². The first-order valence-electron chi connectivity index (χ1n) is 6.79. The van der Waals surface area contributed by atoms with Crippen molar-refractivity contribution in [3.05, 3.63) is 23.9 Å². The minimum atomic E-state index is 0.246. The predicted molar refractivity (Wildman–Crippen MR) is 75.5 cm³/mol. The molecule has 19 heavy (non-hydrogen) atoms. The fourth-order valence-electron chi connectivity index (χ4n) is 2.46. The van der Waals surface area contributed by atoms with E-state index >= 15 is 0 Å². The maximum atomic E-state index is 8.99. The van der Waals surface area contributed by atoms with Crippen molar-refractivity contribution in [2.45, 2.75) is 13.0 Å². The number of hydrogen-bond acceptors (Lipinski definition) is 6. The molecule has 2 heterocycles. The van der Waals surface area contributed by atoms with Crippen LogP contribution < -0.4 is 11.3 Å². The summed E-state index contributed by atoms with van der Waals surface area (Å²) in [5.74, 6) is 6.07. The van der Waals surface area contributed by atoms with E-state index in [1.807, 2.05) is 12.1 Å². The van der Waals surface area contributed by atoms with Gasteiger partial charge in [0.1, 0.15) is 5.82 Å². The number of nitrogens with zero attached hydrogens (tertiary/aromatic N) is 3. The number of aromatic nitrogens is 1. The fourth-order valence-corrected chi connectivity index (χ4v) is 2.46. The third-order valence-electron chi connectivity index (χ3n) is 3.48. The summed E-state index contributed by atoms with van der Waals surface area (Å²) in [6, 6.07) is 4.01. The Labute approximate surface area is 114 Å². The number of hydrogen-bond donors (Lipinski definition) is 3. The summed E-state index contributed by atoms with van der Waals surface area (Å²) in [6.07, 6.45) is 2.92. The number of nitrogens with two attached hydrogens (primary N) is 1. The Hall–Kier alpha value is -1.21. The number of pyridine rings is 1. The molecule has 6 heteroatoms. The standard InChI is InChI=1S/C13H23N5O/c14-16-13-10-12(2-3-15-13)11-18-5-1-4-17(6-7-18)8-9-19/h2-3,10,19H,1,4-9,11,14H2,(H,15,16). The second kappa shape index (κ2) is 7.40. The van der Waals surface area contributed by atoms with Gasteiger partial charge in [0.05, 0.1) is 6.61 Å². The topological polar surface area (TPSA) is 77.7 Å². The maximum absolute atomic E-state index is 8.99. The van der Waals surface area contributed by atoms with Crippen LogP contribution in [0.2, 0.25) is 0 Å². The highest BCUT2D eigenvalue weighted by molar-refractivity contribution is 5.35. The van der Waals surface area contributed by atoms with E-state index in [4.69, 9.17) is 10.9 Å². The van der Waals surface area contributed by atoms with Gasteiger partial charge in [0.2, 0.25) is 0 Å². The number of anilines is 1. The second-order valence-corrected chi connectivity index (χ2v) is 4.89. The normalized spacial score (nSPS) is 18.2. The van der Waals surface area contributed by atoms with E-state index in [-0.39, 0.29) is 6.61 Å². The Morgan fingerprint density at radius 3 is 2.84 bits per heavy atom. The molecule has 4 N–H and O–H groups in total. The molecule has 0 aliphatic carbocycles. The van der Waals surface area contributed by atoms with Gasteiger partial charge in [-0.2, -0.15) is 0 Å². The Morgan fingerprint density at radius 1 is 1.26 bits per heavy atom. The lowest BCUT2D eigenvalue weighted by Crippen LogP contribution is -2.32. The number of aliphatic hydroxyl groups is 1. The molecule has 1 aliphatic rings. The lowest BCUT2D eigenvalue weighted by molar-refractivity contribution is 0.196. The molecule has 1 fully saturated rings. The van der Waals surface area contributed by atoms with E-state index in [1.165, 1.54) is 5.56 Å². The largest absolute Gasteiger partial charge is 0.395 e. The van der Waals surface area contributed by atoms with Crippen molar-refractivity contribution in [2.75, 3.05) is 44.8 Å². The average Bonchev–Trinajstić information content (AvgIpc) is 2.65. The van der Waals surface area contributed by atoms with Gasteiger partial charge in [0.25, 0.3) is 0 Å². The first-order valence-corrected chi connectivity index (χ1v) is 6.79. The summed E-state index contributed by atoms with van der Waals surface area (Å²) in [4.78, 5) is 8.87. The van der Waals surface area contributed by atoms with Crippen LogP contribution in [0, 0.1) is 0 Å². The second-order valence-electron chi connectivity index (χ2n) is 4.89. The van der Waals surface area contributed by atoms with Crippen LogP contribution >= 0.6 is 0 Å². The van der Waals surface area contributed by atoms with E-state index in [1.54, 1.807) is 6.20 Å². The lowest BCUT2D eigenvalue weighted by Gasteiger charge is -2.21. The van der Waals surface area contributed by atoms with Gasteiger partial charge in [0.15, 0.2) is 0 Å². The zero-order valence-corrected chi connectivity index (χ0v) is 11.3. The molecule has 0 saturated carbocycles. The molecule has 0 atom stereocenters. The monoisotopic (exact) mass is 265 g/mol. The van der Waals surface area contributed by atoms with Crippen LogP contribution in [-0.4, -0.2) is 59.2 Å². The van der Waals surface area contributed by atoms with Gasteiger partial charge in [-0.1, -0.05) is 0 Å². The zero-order valence-electron chi connectivity index (χ0n) is 11.3. The molecular formula is C13H23N5O. The van der Waals surface area contributed by atoms with Crippen LogP contribution in [0.15, 0.2) is 18.3 Å². The molecule has 0 spiro atoms. The number of nitrogens with one attached hydrogen (secondary N) is 1. The molecule has 1 aromatic rings. The van der Waals surface area contributed by atoms with Crippen molar-refractivity contribution in [1.29, 1.82) is 0 Å². The van der Waals surface area contributed by atoms with Crippen LogP contribution in [0.5, 0.6) is 0 Å². The van der Waals surface area contributed by atoms with Gasteiger partial charge in [0, 0.05) is 32.4 Å². The number of β-amino-alcohol motifs (C(OH)–C–C–N with tert-alkyl or cyclic N) is 1. The smallest absolute Gasteiger partial charge is 0.140 e. The molecule has 0 amide bonds. The molecule has 6 nitrogen and oxygen atoms in total. The quantitative estimate of drug-likeness (QED) is 0.508. The van der Waals surface area contributed by atoms with Gasteiger partial charge in [-0.05, 0) is 37.2 Å². The molecule has 0 radical (unpaired) electrons. The van der Waals surface area contributed by atoms with Crippen molar-refractivity contribution < 1.29 is 5.11 Å². The first-order chi connectivity index (χ1) is 9.31. The molecule has 2 rings (SSSR count). The first kappa shape index (κ1) is 14.2. The van der Waals surface area contributed by atoms with Crippen molar-refractivity contribution in [1.82, 2.24) is 14.8 Å². The van der Waals surface area contributed by atoms with Gasteiger partial charge in [-0.3, -0.25) is 9.80 Å². The van der Waals surface area contributed by atoms with Crippen molar-refractivity contribution in [3.8, 4) is 0 Å². The van der Waals surface area contributed by atoms with Gasteiger partial charge >= 0.3 is 0 Å². The molecule has 0 bridgehead atoms. The van der Waals surface area contributed by atoms with Gasteiger partial charge in [-0.25, -0.2) is 10.8 Å². The summed E-state index contributed by atoms with van der Waals surface area (Å²) in [7, 11) is 0. The highest BCUT2D eigenvalue weighted by Crippen LogP contribution is 2.11. The number of aliphatic hydroxyl groups excluding tert-OH is 1. The van der Waals surface area contributed by atoms with E-state index < -0.39 is 0 Å². The molecule has 0 unspecified atom stereocenters.